The number of nitrogens with one attached hydrogen (secondary N) is 1. The van der Waals surface area contributed by atoms with E-state index in [1.54, 1.807) is 51.3 Å². The zero-order chi connectivity index (χ0) is 32.4. The molecule has 0 radical (unpaired) electrons. The summed E-state index contributed by atoms with van der Waals surface area (Å²) >= 11 is 0. The Morgan fingerprint density at radius 3 is 2.32 bits per heavy atom. The Bertz CT molecular complexity index is 1680. The van der Waals surface area contributed by atoms with Crippen LogP contribution in [-0.4, -0.2) is 87.6 Å². The van der Waals surface area contributed by atoms with E-state index in [4.69, 9.17) is 5.73 Å². The number of anilines is 2. The highest BCUT2D eigenvalue weighted by Gasteiger charge is 2.64. The van der Waals surface area contributed by atoms with E-state index in [0.29, 0.717) is 16.8 Å². The van der Waals surface area contributed by atoms with Gasteiger partial charge in [0.25, 0.3) is 11.6 Å². The normalized spacial score (nSPS) is 24.5. The predicted molar refractivity (Wildman–Crippen MR) is 159 cm³/mol. The molecule has 1 amide bonds. The van der Waals surface area contributed by atoms with Crippen molar-refractivity contribution in [3.8, 4) is 5.75 Å². The number of nitrogens with two attached hydrogens (primary N) is 1. The largest absolute Gasteiger partial charge is 0.508 e. The van der Waals surface area contributed by atoms with Crippen molar-refractivity contribution in [3.05, 3.63) is 74.0 Å². The number of nitro groups is 1. The molecule has 0 saturated heterocycles. The first-order valence-corrected chi connectivity index (χ1v) is 13.8. The van der Waals surface area contributed by atoms with Crippen LogP contribution in [-0.2, 0) is 27.3 Å². The van der Waals surface area contributed by atoms with Crippen LogP contribution in [0.4, 0.5) is 17.1 Å². The van der Waals surface area contributed by atoms with Crippen molar-refractivity contribution in [2.75, 3.05) is 38.4 Å². The molecule has 2 aromatic rings. The summed E-state index contributed by atoms with van der Waals surface area (Å²) in [6.07, 6.45) is 0.137. The summed E-state index contributed by atoms with van der Waals surface area (Å²) in [5, 5.41) is 59.9. The highest BCUT2D eigenvalue weighted by Crippen LogP contribution is 2.54. The number of phenols is 1. The van der Waals surface area contributed by atoms with E-state index >= 15 is 0 Å². The number of benzene rings is 2. The molecule has 5 rings (SSSR count). The fourth-order valence-corrected chi connectivity index (χ4v) is 6.76. The van der Waals surface area contributed by atoms with Gasteiger partial charge in [-0.15, -0.1) is 0 Å². The summed E-state index contributed by atoms with van der Waals surface area (Å²) in [7, 11) is 6.62. The number of aliphatic hydroxyl groups is 3. The second kappa shape index (κ2) is 10.6. The Kier molecular flexibility index (Phi) is 7.38. The topological polar surface area (TPSA) is 220 Å². The van der Waals surface area contributed by atoms with E-state index in [9.17, 15) is 44.9 Å². The minimum atomic E-state index is -2.73. The molecule has 7 N–H and O–H groups in total. The zero-order valence-electron chi connectivity index (χ0n) is 24.5. The lowest BCUT2D eigenvalue weighted by Crippen LogP contribution is -2.65. The number of fused-ring (bicyclic) bond motifs is 3. The third-order valence-corrected chi connectivity index (χ3v) is 8.81. The van der Waals surface area contributed by atoms with Gasteiger partial charge in [-0.25, -0.2) is 0 Å². The van der Waals surface area contributed by atoms with Gasteiger partial charge in [-0.3, -0.25) is 29.4 Å². The summed E-state index contributed by atoms with van der Waals surface area (Å²) < 4.78 is 0. The highest BCUT2D eigenvalue weighted by atomic mass is 16.6. The number of carbonyl (C=O) groups excluding carboxylic acids is 3. The summed E-state index contributed by atoms with van der Waals surface area (Å²) in [6.45, 7) is 0.159. The van der Waals surface area contributed by atoms with Gasteiger partial charge >= 0.3 is 0 Å². The Hall–Kier alpha value is -4.95. The Morgan fingerprint density at radius 2 is 1.77 bits per heavy atom. The predicted octanol–water partition coefficient (Wildman–Crippen LogP) is 1.55. The molecule has 0 unspecified atom stereocenters. The first-order chi connectivity index (χ1) is 20.6. The molecule has 14 heteroatoms. The molecule has 0 aromatic heterocycles. The molecule has 4 atom stereocenters. The molecule has 14 nitrogen and oxygen atoms in total. The van der Waals surface area contributed by atoms with Gasteiger partial charge in [0.05, 0.1) is 22.2 Å². The van der Waals surface area contributed by atoms with Gasteiger partial charge in [-0.2, -0.15) is 0 Å². The molecule has 1 fully saturated rings. The maximum atomic E-state index is 14.1. The summed E-state index contributed by atoms with van der Waals surface area (Å²) in [5.74, 6) is -7.19. The van der Waals surface area contributed by atoms with Gasteiger partial charge in [-0.05, 0) is 50.0 Å². The van der Waals surface area contributed by atoms with Gasteiger partial charge in [0.15, 0.2) is 11.4 Å². The molecule has 0 spiro atoms. The quantitative estimate of drug-likeness (QED) is 0.114. The Labute approximate surface area is 251 Å². The van der Waals surface area contributed by atoms with Crippen LogP contribution in [0, 0.1) is 22.0 Å². The standard InChI is InChI=1S/C30H33N5O9/c1-33(2)19-11-18(32-12-13-5-7-15(8-6-13)35(43)44)24(36)21-16(19)9-14-10-17-23(34(3)4)26(38)22(29(31)41)28(40)30(17,42)27(39)20(14)25(21)37/h5-8,11,14,17,23,32,36-37,40,42H,9-10,12H2,1-4H3,(H2,31,41)/t14-,17-,23-,30-/m1/s1. The van der Waals surface area contributed by atoms with Gasteiger partial charge in [-0.1, -0.05) is 12.1 Å². The molecular weight excluding hydrogens is 574 g/mol. The third-order valence-electron chi connectivity index (χ3n) is 8.81. The maximum Gasteiger partial charge on any atom is 0.269 e. The van der Waals surface area contributed by atoms with E-state index in [-0.39, 0.29) is 47.6 Å². The lowest BCUT2D eigenvalue weighted by Gasteiger charge is -2.50. The molecular formula is C30H33N5O9. The van der Waals surface area contributed by atoms with Crippen molar-refractivity contribution in [1.29, 1.82) is 0 Å². The van der Waals surface area contributed by atoms with Crippen LogP contribution < -0.4 is 16.0 Å². The smallest absolute Gasteiger partial charge is 0.269 e. The van der Waals surface area contributed by atoms with Gasteiger partial charge in [0, 0.05) is 50.0 Å². The van der Waals surface area contributed by atoms with Crippen molar-refractivity contribution in [2.45, 2.75) is 31.0 Å². The van der Waals surface area contributed by atoms with Crippen LogP contribution in [0.5, 0.6) is 5.75 Å². The number of carbonyl (C=O) groups is 3. The molecule has 232 valence electrons. The van der Waals surface area contributed by atoms with Crippen molar-refractivity contribution in [2.24, 2.45) is 17.6 Å². The van der Waals surface area contributed by atoms with Gasteiger partial charge < -0.3 is 36.4 Å². The number of phenolic OH excluding ortho intramolecular Hbond substituents is 1. The summed E-state index contributed by atoms with van der Waals surface area (Å²) in [4.78, 5) is 53.2. The van der Waals surface area contributed by atoms with Crippen molar-refractivity contribution in [3.63, 3.8) is 0 Å². The lowest BCUT2D eigenvalue weighted by atomic mass is 9.57. The number of ketones is 2. The summed E-state index contributed by atoms with van der Waals surface area (Å²) in [6, 6.07) is 6.34. The Morgan fingerprint density at radius 1 is 1.14 bits per heavy atom. The van der Waals surface area contributed by atoms with Gasteiger partial charge in [0.2, 0.25) is 5.78 Å². The average Bonchev–Trinajstić information content (AvgIpc) is 2.94. The van der Waals surface area contributed by atoms with Crippen molar-refractivity contribution >= 4 is 40.3 Å². The van der Waals surface area contributed by atoms with Crippen molar-refractivity contribution in [1.82, 2.24) is 4.90 Å². The minimum Gasteiger partial charge on any atom is -0.508 e. The molecule has 0 heterocycles. The van der Waals surface area contributed by atoms with Crippen LogP contribution in [0.2, 0.25) is 0 Å². The first kappa shape index (κ1) is 30.5. The Balaban J connectivity index is 1.63. The number of likely N-dealkylation sites (N-methyl/N-ethyl adjacent to an activating group) is 1. The van der Waals surface area contributed by atoms with Crippen molar-refractivity contribution < 1.29 is 39.7 Å². The fraction of sp³-hybridized carbons (Fsp3) is 0.367. The molecule has 3 aliphatic rings. The van der Waals surface area contributed by atoms with Crippen LogP contribution in [0.3, 0.4) is 0 Å². The average molecular weight is 608 g/mol. The minimum absolute atomic E-state index is 0.0143. The zero-order valence-corrected chi connectivity index (χ0v) is 24.5. The second-order valence-corrected chi connectivity index (χ2v) is 11.8. The molecule has 3 aliphatic carbocycles. The third kappa shape index (κ3) is 4.45. The number of aromatic hydroxyl groups is 1. The van der Waals surface area contributed by atoms with E-state index < -0.39 is 63.0 Å². The molecule has 2 aromatic carbocycles. The number of amides is 1. The van der Waals surface area contributed by atoms with E-state index in [1.165, 1.54) is 17.0 Å². The number of Topliss-reactive ketones (excluding diaryl/α,β-unsaturated/α-hetero) is 2. The highest BCUT2D eigenvalue weighted by molar-refractivity contribution is 6.24. The first-order valence-electron chi connectivity index (χ1n) is 13.8. The maximum absolute atomic E-state index is 14.1. The van der Waals surface area contributed by atoms with E-state index in [0.717, 1.165) is 0 Å². The number of aliphatic hydroxyl groups excluding tert-OH is 2. The van der Waals surface area contributed by atoms with E-state index in [2.05, 4.69) is 5.32 Å². The lowest BCUT2D eigenvalue weighted by molar-refractivity contribution is -0.384. The number of hydrogen-bond donors (Lipinski definition) is 6. The number of nitrogens with zero attached hydrogens (tertiary/aromatic N) is 3. The number of primary amides is 1. The fourth-order valence-electron chi connectivity index (χ4n) is 6.76. The van der Waals surface area contributed by atoms with Crippen LogP contribution in [0.15, 0.2) is 47.2 Å². The number of rotatable bonds is 7. The van der Waals surface area contributed by atoms with Gasteiger partial charge in [0.1, 0.15) is 22.8 Å². The molecule has 0 aliphatic heterocycles. The SMILES string of the molecule is CN(C)c1cc(NCc2ccc([N+](=O)[O-])cc2)c(O)c2c1C[C@@H]1C[C@@H]3[C@@H](N(C)C)C(=O)C(C(N)=O)=C(O)[C@]3(O)C(=O)C1=C2O. The monoisotopic (exact) mass is 607 g/mol. The van der Waals surface area contributed by atoms with E-state index in [1.807, 2.05) is 0 Å². The molecule has 0 bridgehead atoms. The number of hydrogen-bond acceptors (Lipinski definition) is 12. The molecule has 1 saturated carbocycles. The van der Waals surface area contributed by atoms with Crippen LogP contribution in [0.25, 0.3) is 5.76 Å². The van der Waals surface area contributed by atoms with Crippen LogP contribution >= 0.6 is 0 Å². The van der Waals surface area contributed by atoms with Crippen LogP contribution in [0.1, 0.15) is 23.1 Å². The summed E-state index contributed by atoms with van der Waals surface area (Å²) in [5.41, 5.74) is 3.43. The second-order valence-electron chi connectivity index (χ2n) is 11.8. The number of non-ortho nitro benzene ring substituents is 1. The number of nitro benzene ring substituents is 1. The molecule has 44 heavy (non-hydrogen) atoms.